The molecule has 4 heterocycles. The molecule has 0 aliphatic carbocycles. The zero-order chi connectivity index (χ0) is 40.6. The van der Waals surface area contributed by atoms with Gasteiger partial charge in [-0.3, -0.25) is 9.59 Å². The third-order valence-corrected chi connectivity index (χ3v) is 9.37. The van der Waals surface area contributed by atoms with Crippen molar-refractivity contribution in [2.75, 3.05) is 72.6 Å². The van der Waals surface area contributed by atoms with Crippen LogP contribution >= 0.6 is 0 Å². The molecule has 18 heteroatoms. The molecule has 0 radical (unpaired) electrons. The van der Waals surface area contributed by atoms with Crippen LogP contribution in [-0.4, -0.2) is 116 Å². The number of nitrogens with one attached hydrogen (secondary N) is 2. The maximum atomic E-state index is 13.4. The second-order valence-electron chi connectivity index (χ2n) is 13.3. The van der Waals surface area contributed by atoms with Gasteiger partial charge in [0.05, 0.1) is 88.3 Å². The Morgan fingerprint density at radius 1 is 0.842 bits per heavy atom. The van der Waals surface area contributed by atoms with Crippen LogP contribution in [0.4, 0.5) is 9.59 Å². The highest BCUT2D eigenvalue weighted by atomic mass is 16.6. The number of ether oxygens (including phenoxy) is 7. The number of fused-ring (bicyclic) bond motifs is 5. The molecule has 310 valence electrons. The summed E-state index contributed by atoms with van der Waals surface area (Å²) in [7, 11) is 0. The van der Waals surface area contributed by atoms with E-state index in [-0.39, 0.29) is 62.5 Å². The molecule has 5 rings (SSSR count). The van der Waals surface area contributed by atoms with Gasteiger partial charge < -0.3 is 58.6 Å². The van der Waals surface area contributed by atoms with Gasteiger partial charge in [0.15, 0.2) is 5.60 Å². The summed E-state index contributed by atoms with van der Waals surface area (Å²) >= 11 is 0. The molecular weight excluding hydrogens is 748 g/mol. The molecule has 3 aromatic rings. The van der Waals surface area contributed by atoms with E-state index in [1.165, 1.54) is 0 Å². The lowest BCUT2D eigenvalue weighted by molar-refractivity contribution is -0.172. The lowest BCUT2D eigenvalue weighted by atomic mass is 9.86. The zero-order valence-corrected chi connectivity index (χ0v) is 32.0. The Labute approximate surface area is 328 Å². The summed E-state index contributed by atoms with van der Waals surface area (Å²) < 4.78 is 38.4. The van der Waals surface area contributed by atoms with E-state index < -0.39 is 29.7 Å². The fourth-order valence-corrected chi connectivity index (χ4v) is 6.32. The summed E-state index contributed by atoms with van der Waals surface area (Å²) in [4.78, 5) is 65.3. The highest BCUT2D eigenvalue weighted by molar-refractivity contribution is 5.87. The van der Waals surface area contributed by atoms with E-state index in [0.717, 1.165) is 36.6 Å². The largest absolute Gasteiger partial charge is 0.481 e. The van der Waals surface area contributed by atoms with Crippen molar-refractivity contribution >= 4 is 35.0 Å². The van der Waals surface area contributed by atoms with Crippen molar-refractivity contribution in [2.24, 2.45) is 0 Å². The molecule has 0 saturated heterocycles. The third-order valence-electron chi connectivity index (χ3n) is 9.37. The Hall–Kier alpha value is -5.14. The third kappa shape index (κ3) is 11.9. The van der Waals surface area contributed by atoms with Gasteiger partial charge >= 0.3 is 24.1 Å². The fraction of sp³-hybridized carbons (Fsp3) is 0.538. The molecule has 57 heavy (non-hydrogen) atoms. The van der Waals surface area contributed by atoms with Crippen LogP contribution in [0.1, 0.15) is 62.1 Å². The lowest BCUT2D eigenvalue weighted by Crippen LogP contribution is -2.44. The van der Waals surface area contributed by atoms with Crippen molar-refractivity contribution in [3.8, 4) is 17.1 Å². The van der Waals surface area contributed by atoms with Crippen molar-refractivity contribution in [1.29, 1.82) is 0 Å². The topological polar surface area (TPSA) is 232 Å². The van der Waals surface area contributed by atoms with Gasteiger partial charge in [-0.25, -0.2) is 19.4 Å². The smallest absolute Gasteiger partial charge is 0.412 e. The number of aliphatic hydroxyl groups is 1. The van der Waals surface area contributed by atoms with E-state index in [0.29, 0.717) is 75.4 Å². The first kappa shape index (κ1) is 43.0. The number of hydrogen-bond donors (Lipinski definition) is 4. The maximum absolute atomic E-state index is 13.4. The molecule has 0 fully saturated rings. The summed E-state index contributed by atoms with van der Waals surface area (Å²) in [6.07, 6.45) is 2.08. The van der Waals surface area contributed by atoms with Gasteiger partial charge in [0.25, 0.3) is 5.56 Å². The first-order chi connectivity index (χ1) is 27.6. The number of esters is 1. The van der Waals surface area contributed by atoms with Gasteiger partial charge in [0.2, 0.25) is 0 Å². The average Bonchev–Trinajstić information content (AvgIpc) is 3.55. The number of unbranched alkanes of at least 4 members (excludes halogenated alkanes) is 3. The molecule has 2 amide bonds. The molecule has 0 unspecified atom stereocenters. The molecule has 1 atom stereocenters. The molecule has 1 aromatic carbocycles. The predicted octanol–water partition coefficient (Wildman–Crippen LogP) is 3.00. The summed E-state index contributed by atoms with van der Waals surface area (Å²) in [5, 5.41) is 25.7. The molecular formula is C39H50N4O14. The van der Waals surface area contributed by atoms with Gasteiger partial charge in [-0.05, 0) is 49.6 Å². The van der Waals surface area contributed by atoms with Gasteiger partial charge in [-0.15, -0.1) is 0 Å². The van der Waals surface area contributed by atoms with Crippen molar-refractivity contribution in [3.05, 3.63) is 57.4 Å². The number of carboxylic acid groups (broad SMARTS) is 1. The minimum absolute atomic E-state index is 0.0340. The van der Waals surface area contributed by atoms with Crippen LogP contribution in [0.2, 0.25) is 0 Å². The first-order valence-corrected chi connectivity index (χ1v) is 19.1. The molecule has 2 aliphatic heterocycles. The normalized spacial score (nSPS) is 15.4. The van der Waals surface area contributed by atoms with Crippen LogP contribution in [0, 0.1) is 0 Å². The highest BCUT2D eigenvalue weighted by Crippen LogP contribution is 2.39. The van der Waals surface area contributed by atoms with E-state index in [1.54, 1.807) is 35.8 Å². The van der Waals surface area contributed by atoms with Crippen molar-refractivity contribution < 1.29 is 62.5 Å². The molecule has 4 N–H and O–H groups in total. The number of pyridine rings is 2. The van der Waals surface area contributed by atoms with E-state index in [4.69, 9.17) is 43.2 Å². The minimum atomic E-state index is -1.90. The number of aromatic nitrogens is 2. The van der Waals surface area contributed by atoms with E-state index in [1.807, 2.05) is 6.07 Å². The number of carbonyl (C=O) groups excluding carboxylic acids is 3. The monoisotopic (exact) mass is 798 g/mol. The Morgan fingerprint density at radius 3 is 2.12 bits per heavy atom. The van der Waals surface area contributed by atoms with Crippen LogP contribution in [-0.2, 0) is 56.8 Å². The summed E-state index contributed by atoms with van der Waals surface area (Å²) in [6.45, 7) is 5.28. The summed E-state index contributed by atoms with van der Waals surface area (Å²) in [5.41, 5.74) is 0.785. The van der Waals surface area contributed by atoms with Crippen molar-refractivity contribution in [3.63, 3.8) is 0 Å². The Balaban J connectivity index is 0.895. The standard InChI is InChI=1S/C39H50N4O14/c1-2-39(50)30-23-32-34-27(24-43(32)35(46)29(30)25-56-36(39)47)21-26-22-28(7-8-31(26)42-34)57-38(49)41-11-6-4-3-5-10-40-37(48)55-20-19-54-18-17-53-16-15-52-14-13-51-12-9-33(44)45/h7-8,21-23,50H,2-6,9-20,24-25H2,1H3,(H,40,48)(H,41,49)(H,44,45)/t39-/m1/s1. The van der Waals surface area contributed by atoms with Crippen LogP contribution in [0.5, 0.6) is 5.75 Å². The van der Waals surface area contributed by atoms with E-state index in [2.05, 4.69) is 10.6 Å². The lowest BCUT2D eigenvalue weighted by Gasteiger charge is -2.31. The Kier molecular flexibility index (Phi) is 16.1. The summed E-state index contributed by atoms with van der Waals surface area (Å²) in [5.74, 6) is -1.34. The minimum Gasteiger partial charge on any atom is -0.481 e. The maximum Gasteiger partial charge on any atom is 0.412 e. The number of alkyl carbamates (subject to hydrolysis) is 1. The Morgan fingerprint density at radius 2 is 1.47 bits per heavy atom. The number of cyclic esters (lactones) is 1. The second-order valence-corrected chi connectivity index (χ2v) is 13.3. The van der Waals surface area contributed by atoms with E-state index in [9.17, 15) is 29.1 Å². The van der Waals surface area contributed by atoms with Gasteiger partial charge in [0, 0.05) is 29.6 Å². The van der Waals surface area contributed by atoms with Crippen molar-refractivity contribution in [1.82, 2.24) is 20.2 Å². The van der Waals surface area contributed by atoms with Gasteiger partial charge in [-0.2, -0.15) is 0 Å². The SMILES string of the molecule is CC[C@]1(O)C(=O)OCc2c1cc1n(c2=O)Cc2cc3cc(OC(=O)NCCCCCCNC(=O)OCCOCCOCCOCCOCCC(=O)O)ccc3nc2-1. The van der Waals surface area contributed by atoms with Crippen molar-refractivity contribution in [2.45, 2.75) is 64.2 Å². The molecule has 0 saturated carbocycles. The molecule has 2 aliphatic rings. The number of carbonyl (C=O) groups is 4. The molecule has 0 spiro atoms. The fourth-order valence-electron chi connectivity index (χ4n) is 6.32. The van der Waals surface area contributed by atoms with Crippen LogP contribution in [0.25, 0.3) is 22.3 Å². The number of carboxylic acids is 1. The number of amides is 2. The molecule has 18 nitrogen and oxygen atoms in total. The van der Waals surface area contributed by atoms with Crippen LogP contribution in [0.15, 0.2) is 35.1 Å². The second kappa shape index (κ2) is 21.4. The highest BCUT2D eigenvalue weighted by Gasteiger charge is 2.45. The number of nitrogens with zero attached hydrogens (tertiary/aromatic N) is 2. The Bertz CT molecular complexity index is 1930. The molecule has 0 bridgehead atoms. The number of aliphatic carboxylic acids is 1. The first-order valence-electron chi connectivity index (χ1n) is 19.1. The van der Waals surface area contributed by atoms with Gasteiger partial charge in [-0.1, -0.05) is 19.8 Å². The number of rotatable bonds is 24. The number of benzene rings is 1. The predicted molar refractivity (Wildman–Crippen MR) is 202 cm³/mol. The van der Waals surface area contributed by atoms with E-state index >= 15 is 0 Å². The summed E-state index contributed by atoms with van der Waals surface area (Å²) in [6, 6.07) is 8.62. The quantitative estimate of drug-likeness (QED) is 0.0590. The average molecular weight is 799 g/mol. The molecule has 2 aromatic heterocycles. The number of hydrogen-bond acceptors (Lipinski definition) is 14. The zero-order valence-electron chi connectivity index (χ0n) is 32.0. The van der Waals surface area contributed by atoms with Gasteiger partial charge in [0.1, 0.15) is 19.0 Å². The van der Waals surface area contributed by atoms with Crippen LogP contribution in [0.3, 0.4) is 0 Å². The van der Waals surface area contributed by atoms with Crippen LogP contribution < -0.4 is 20.9 Å².